The van der Waals surface area contributed by atoms with E-state index in [0.29, 0.717) is 5.38 Å². The number of methoxy groups -OCH3 is 1. The Morgan fingerprint density at radius 3 is 2.17 bits per heavy atom. The van der Waals surface area contributed by atoms with Crippen LogP contribution >= 0.6 is 0 Å². The zero-order valence-electron chi connectivity index (χ0n) is 3.99. The number of hydrogen-bond donors (Lipinski definition) is 0. The Hall–Kier alpha value is 0.556. The van der Waals surface area contributed by atoms with Gasteiger partial charge in [0, 0.05) is 28.2 Å². The molecule has 0 bridgehead atoms. The van der Waals surface area contributed by atoms with Gasteiger partial charge in [-0.1, -0.05) is 0 Å². The average Bonchev–Trinajstić information content (AvgIpc) is 1.38. The van der Waals surface area contributed by atoms with Gasteiger partial charge in [-0.05, 0) is 6.58 Å². The number of hydrogen-bond acceptors (Lipinski definition) is 1. The molecule has 0 aliphatic heterocycles. The average molecular weight is 212 g/mol. The molecule has 0 fully saturated rings. The Labute approximate surface area is 62.6 Å². The zero-order chi connectivity index (χ0) is 4.28. The van der Waals surface area contributed by atoms with Gasteiger partial charge in [-0.2, -0.15) is 0 Å². The van der Waals surface area contributed by atoms with E-state index in [4.69, 9.17) is 6.58 Å². The molecule has 0 aromatic carbocycles. The zero-order valence-corrected chi connectivity index (χ0v) is 8.84. The van der Waals surface area contributed by atoms with Gasteiger partial charge < -0.3 is 4.74 Å². The molecule has 39 valence electrons. The molecule has 0 aliphatic carbocycles. The van der Waals surface area contributed by atoms with Gasteiger partial charge in [0.25, 0.3) is 0 Å². The molecule has 0 unspecified atom stereocenters. The van der Waals surface area contributed by atoms with E-state index < -0.39 is 0 Å². The molecule has 0 aromatic heterocycles. The van der Waals surface area contributed by atoms with E-state index in [1.165, 1.54) is 0 Å². The second-order valence-electron chi connectivity index (χ2n) is 0.815. The van der Waals surface area contributed by atoms with Crippen LogP contribution in [0.25, 0.3) is 0 Å². The van der Waals surface area contributed by atoms with E-state index in [0.717, 1.165) is 10.2 Å². The van der Waals surface area contributed by atoms with Crippen molar-refractivity contribution >= 4 is 34.2 Å². The van der Waals surface area contributed by atoms with Crippen LogP contribution in [0.5, 0.6) is 0 Å². The first kappa shape index (κ1) is 9.75. The molecule has 0 saturated carbocycles. The Morgan fingerprint density at radius 1 is 2.00 bits per heavy atom. The molecule has 0 spiro atoms. The minimum Gasteiger partial charge on any atom is -0.507 e. The summed E-state index contributed by atoms with van der Waals surface area (Å²) >= 11 is 0. The fraction of sp³-hybridized carbons (Fsp3) is 0.333. The summed E-state index contributed by atoms with van der Waals surface area (Å²) in [5.41, 5.74) is 0. The largest absolute Gasteiger partial charge is 0.507 e. The van der Waals surface area contributed by atoms with Crippen molar-refractivity contribution in [1.82, 2.24) is 0 Å². The number of rotatable bonds is 1. The van der Waals surface area contributed by atoms with E-state index in [1.807, 2.05) is 0 Å². The second-order valence-corrected chi connectivity index (χ2v) is 1.80. The number of ether oxygens (including phenoxy) is 1. The molecule has 0 heterocycles. The maximum absolute atomic E-state index is 5.05. The monoisotopic (exact) mass is 213 g/mol. The molecule has 0 aromatic rings. The molecule has 0 amide bonds. The Bertz CT molecular complexity index is 54.3. The van der Waals surface area contributed by atoms with Crippen LogP contribution in [-0.2, 0) is 4.74 Å². The van der Waals surface area contributed by atoms with E-state index in [2.05, 4.69) is 4.74 Å². The third-order valence-corrected chi connectivity index (χ3v) is 0.730. The molecule has 0 saturated heterocycles. The predicted molar refractivity (Wildman–Crippen MR) is 36.9 cm³/mol. The Kier molecular flexibility index (Phi) is 9.03. The summed E-state index contributed by atoms with van der Waals surface area (Å²) in [7, 11) is 2.41. The van der Waals surface area contributed by atoms with Crippen molar-refractivity contribution in [1.29, 1.82) is 0 Å². The summed E-state index contributed by atoms with van der Waals surface area (Å²) in [5, 5.41) is 0.644. The maximum atomic E-state index is 5.05. The van der Waals surface area contributed by atoms with Gasteiger partial charge in [-0.15, -0.1) is 0 Å². The molecule has 0 aliphatic rings. The van der Waals surface area contributed by atoms with Crippen molar-refractivity contribution < 1.29 is 9.02 Å². The molecule has 5 radical (unpaired) electrons. The smallest absolute Gasteiger partial charge is 0.0833 e. The van der Waals surface area contributed by atoms with Gasteiger partial charge in [0.05, 0.1) is 22.7 Å². The summed E-state index contributed by atoms with van der Waals surface area (Å²) in [6, 6.07) is 0. The normalized spacial score (nSPS) is 6.17. The third kappa shape index (κ3) is 8.82. The summed E-state index contributed by atoms with van der Waals surface area (Å²) in [6.45, 7) is 5.05. The standard InChI is InChI=1S/C3H7OSi.Sn.3H2/c1-3(5)4-2;;;;/h1H,2,5H3;;3*1H. The van der Waals surface area contributed by atoms with Gasteiger partial charge >= 0.3 is 0 Å². The molecule has 3 heteroatoms. The van der Waals surface area contributed by atoms with Crippen LogP contribution in [0.2, 0.25) is 0 Å². The van der Waals surface area contributed by atoms with Crippen LogP contribution in [0.3, 0.4) is 0 Å². The summed E-state index contributed by atoms with van der Waals surface area (Å²) in [5.74, 6) is 0. The van der Waals surface area contributed by atoms with E-state index in [1.54, 1.807) is 7.11 Å². The van der Waals surface area contributed by atoms with E-state index >= 15 is 0 Å². The third-order valence-electron chi connectivity index (χ3n) is 0.322. The van der Waals surface area contributed by atoms with Crippen molar-refractivity contribution in [2.75, 3.05) is 7.11 Å². The van der Waals surface area contributed by atoms with Gasteiger partial charge in [0.1, 0.15) is 0 Å². The van der Waals surface area contributed by atoms with Gasteiger partial charge in [0.15, 0.2) is 0 Å². The van der Waals surface area contributed by atoms with Crippen LogP contribution in [-0.4, -0.2) is 41.3 Å². The summed E-state index contributed by atoms with van der Waals surface area (Å²) in [6.07, 6.45) is 0. The van der Waals surface area contributed by atoms with Gasteiger partial charge in [-0.3, -0.25) is 0 Å². The summed E-state index contributed by atoms with van der Waals surface area (Å²) < 4.78 is 4.51. The first-order valence-corrected chi connectivity index (χ1v) is 2.40. The molecule has 0 atom stereocenters. The first-order valence-electron chi connectivity index (χ1n) is 1.40. The van der Waals surface area contributed by atoms with Gasteiger partial charge in [0.2, 0.25) is 0 Å². The fourth-order valence-electron chi connectivity index (χ4n) is 0. The predicted octanol–water partition coefficient (Wildman–Crippen LogP) is -0.370. The van der Waals surface area contributed by atoms with Crippen LogP contribution < -0.4 is 0 Å². The molecular formula is C3H13OSiSn. The molecule has 1 nitrogen and oxygen atoms in total. The molecule has 0 rings (SSSR count). The van der Waals surface area contributed by atoms with Crippen molar-refractivity contribution in [3.8, 4) is 0 Å². The van der Waals surface area contributed by atoms with Crippen LogP contribution in [0.1, 0.15) is 4.28 Å². The van der Waals surface area contributed by atoms with E-state index in [9.17, 15) is 0 Å². The van der Waals surface area contributed by atoms with Crippen LogP contribution in [0.4, 0.5) is 0 Å². The van der Waals surface area contributed by atoms with Crippen molar-refractivity contribution in [2.24, 2.45) is 0 Å². The molecule has 6 heavy (non-hydrogen) atoms. The molecular weight excluding hydrogens is 199 g/mol. The molecule has 0 N–H and O–H groups in total. The maximum Gasteiger partial charge on any atom is 0.0833 e. The Morgan fingerprint density at radius 2 is 2.17 bits per heavy atom. The minimum absolute atomic E-state index is 0. The van der Waals surface area contributed by atoms with Crippen LogP contribution in [0.15, 0.2) is 5.38 Å². The minimum atomic E-state index is 0. The SMILES string of the molecule is [CH]=C([SiH3])OC.[HH].[HH].[HH].[Sn]. The summed E-state index contributed by atoms with van der Waals surface area (Å²) in [4.78, 5) is 0. The van der Waals surface area contributed by atoms with Crippen molar-refractivity contribution in [3.63, 3.8) is 0 Å². The van der Waals surface area contributed by atoms with Crippen molar-refractivity contribution in [2.45, 2.75) is 0 Å². The van der Waals surface area contributed by atoms with Gasteiger partial charge in [-0.25, -0.2) is 0 Å². The topological polar surface area (TPSA) is 9.23 Å². The van der Waals surface area contributed by atoms with Crippen molar-refractivity contribution in [3.05, 3.63) is 12.0 Å². The quantitative estimate of drug-likeness (QED) is 0.425. The van der Waals surface area contributed by atoms with Crippen LogP contribution in [0, 0.1) is 6.58 Å². The second kappa shape index (κ2) is 5.56. The Balaban J connectivity index is -0.0000000133. The first-order chi connectivity index (χ1) is 2.27. The fourth-order valence-corrected chi connectivity index (χ4v) is 0. The van der Waals surface area contributed by atoms with E-state index in [-0.39, 0.29) is 28.2 Å².